The predicted octanol–water partition coefficient (Wildman–Crippen LogP) is 4.35. The number of rotatable bonds is 6. The molecule has 1 aromatic heterocycles. The van der Waals surface area contributed by atoms with Crippen molar-refractivity contribution >= 4 is 22.6 Å². The van der Waals surface area contributed by atoms with Gasteiger partial charge in [0, 0.05) is 29.8 Å². The van der Waals surface area contributed by atoms with Crippen molar-refractivity contribution in [3.8, 4) is 5.75 Å². The van der Waals surface area contributed by atoms with Crippen molar-refractivity contribution in [1.82, 2.24) is 9.97 Å². The number of fused-ring (bicyclic) bond motifs is 1. The summed E-state index contributed by atoms with van der Waals surface area (Å²) in [5.74, 6) is -2.22. The Labute approximate surface area is 156 Å². The number of imidazole rings is 1. The molecule has 5 nitrogen and oxygen atoms in total. The van der Waals surface area contributed by atoms with Crippen LogP contribution in [0.25, 0.3) is 11.0 Å². The van der Waals surface area contributed by atoms with E-state index in [2.05, 4.69) is 9.97 Å². The third-order valence-electron chi connectivity index (χ3n) is 4.62. The molecule has 0 bridgehead atoms. The topological polar surface area (TPSA) is 58.2 Å². The van der Waals surface area contributed by atoms with Crippen LogP contribution < -0.4 is 9.64 Å². The molecule has 1 atom stereocenters. The molecule has 1 N–H and O–H groups in total. The minimum atomic E-state index is -2.56. The molecule has 3 aromatic rings. The summed E-state index contributed by atoms with van der Waals surface area (Å²) in [6, 6.07) is 6.14. The molecule has 0 saturated carbocycles. The smallest absolute Gasteiger partial charge is 0.241 e. The van der Waals surface area contributed by atoms with Gasteiger partial charge in [-0.25, -0.2) is 22.5 Å². The molecule has 146 valence electrons. The average molecular weight is 393 g/mol. The number of hydrogen-bond donors (Lipinski definition) is 1. The first-order chi connectivity index (χ1) is 13.4. The molecule has 4 rings (SSSR count). The molecule has 0 aliphatic carbocycles. The van der Waals surface area contributed by atoms with Crippen molar-refractivity contribution in [2.24, 2.45) is 0 Å². The van der Waals surface area contributed by atoms with E-state index in [1.807, 2.05) is 0 Å². The lowest BCUT2D eigenvalue weighted by molar-refractivity contribution is -0.124. The molecule has 9 heteroatoms. The van der Waals surface area contributed by atoms with Crippen LogP contribution in [0.4, 0.5) is 23.2 Å². The number of carbonyl (C=O) groups is 1. The molecule has 1 fully saturated rings. The maximum atomic E-state index is 14.6. The number of aromatic nitrogens is 2. The molecule has 2 heterocycles. The number of alkyl halides is 2. The number of aromatic amines is 1. The molecule has 0 unspecified atom stereocenters. The summed E-state index contributed by atoms with van der Waals surface area (Å²) >= 11 is 0. The lowest BCUT2D eigenvalue weighted by Gasteiger charge is -2.41. The Morgan fingerprint density at radius 2 is 1.96 bits per heavy atom. The van der Waals surface area contributed by atoms with Gasteiger partial charge in [-0.15, -0.1) is 0 Å². The molecule has 2 aromatic carbocycles. The van der Waals surface area contributed by atoms with Gasteiger partial charge in [-0.1, -0.05) is 0 Å². The fraction of sp³-hybridized carbons (Fsp3) is 0.263. The first-order valence-electron chi connectivity index (χ1n) is 8.59. The summed E-state index contributed by atoms with van der Waals surface area (Å²) in [6.07, 6.45) is -1.63. The van der Waals surface area contributed by atoms with Gasteiger partial charge in [0.05, 0.1) is 36.4 Å². The van der Waals surface area contributed by atoms with E-state index < -0.39 is 30.5 Å². The van der Waals surface area contributed by atoms with Crippen molar-refractivity contribution in [3.05, 3.63) is 53.9 Å². The third-order valence-corrected chi connectivity index (χ3v) is 4.62. The van der Waals surface area contributed by atoms with Gasteiger partial charge in [0.2, 0.25) is 12.3 Å². The second kappa shape index (κ2) is 7.14. The minimum absolute atomic E-state index is 0.0412. The Kier molecular flexibility index (Phi) is 4.66. The maximum absolute atomic E-state index is 14.6. The van der Waals surface area contributed by atoms with E-state index in [0.717, 1.165) is 12.1 Å². The number of nitrogens with one attached hydrogen (secondary N) is 1. The van der Waals surface area contributed by atoms with Crippen LogP contribution >= 0.6 is 0 Å². The normalized spacial score (nSPS) is 16.7. The average Bonchev–Trinajstić information content (AvgIpc) is 3.08. The van der Waals surface area contributed by atoms with Crippen molar-refractivity contribution < 1.29 is 27.1 Å². The van der Waals surface area contributed by atoms with Crippen LogP contribution in [0.5, 0.6) is 5.75 Å². The molecular formula is C19H15F4N3O2. The molecule has 1 amide bonds. The van der Waals surface area contributed by atoms with Gasteiger partial charge in [-0.05, 0) is 18.2 Å². The van der Waals surface area contributed by atoms with Gasteiger partial charge in [-0.2, -0.15) is 0 Å². The number of anilines is 1. The van der Waals surface area contributed by atoms with E-state index in [1.165, 1.54) is 11.2 Å². The highest BCUT2D eigenvalue weighted by Gasteiger charge is 2.41. The van der Waals surface area contributed by atoms with Crippen LogP contribution in [-0.2, 0) is 4.79 Å². The number of carbonyl (C=O) groups excluding carboxylic acids is 1. The molecule has 1 aliphatic rings. The Morgan fingerprint density at radius 3 is 2.64 bits per heavy atom. The van der Waals surface area contributed by atoms with E-state index in [1.54, 1.807) is 18.2 Å². The van der Waals surface area contributed by atoms with Crippen molar-refractivity contribution in [1.29, 1.82) is 0 Å². The van der Waals surface area contributed by atoms with Gasteiger partial charge < -0.3 is 14.6 Å². The van der Waals surface area contributed by atoms with Gasteiger partial charge in [0.25, 0.3) is 0 Å². The molecule has 0 radical (unpaired) electrons. The van der Waals surface area contributed by atoms with E-state index in [9.17, 15) is 22.4 Å². The van der Waals surface area contributed by atoms with Crippen LogP contribution in [0.15, 0.2) is 36.7 Å². The molecule has 28 heavy (non-hydrogen) atoms. The molecule has 0 spiro atoms. The number of ether oxygens (including phenoxy) is 1. The number of benzene rings is 2. The quantitative estimate of drug-likeness (QED) is 0.500. The number of β-lactam (4-membered cyclic amide) rings is 1. The van der Waals surface area contributed by atoms with Gasteiger partial charge in [0.15, 0.2) is 0 Å². The Balaban J connectivity index is 1.60. The third kappa shape index (κ3) is 3.28. The summed E-state index contributed by atoms with van der Waals surface area (Å²) in [5, 5.41) is 0. The van der Waals surface area contributed by atoms with E-state index in [0.29, 0.717) is 16.7 Å². The molecule has 1 saturated heterocycles. The fourth-order valence-electron chi connectivity index (χ4n) is 3.27. The first-order valence-corrected chi connectivity index (χ1v) is 8.59. The summed E-state index contributed by atoms with van der Waals surface area (Å²) < 4.78 is 58.4. The largest absolute Gasteiger partial charge is 0.493 e. The zero-order valence-electron chi connectivity index (χ0n) is 14.5. The second-order valence-corrected chi connectivity index (χ2v) is 6.42. The van der Waals surface area contributed by atoms with E-state index >= 15 is 0 Å². The lowest BCUT2D eigenvalue weighted by atomic mass is 9.92. The summed E-state index contributed by atoms with van der Waals surface area (Å²) in [4.78, 5) is 20.5. The number of amides is 1. The van der Waals surface area contributed by atoms with Crippen molar-refractivity contribution in [2.75, 3.05) is 11.5 Å². The van der Waals surface area contributed by atoms with E-state index in [4.69, 9.17) is 4.74 Å². The van der Waals surface area contributed by atoms with Gasteiger partial charge in [-0.3, -0.25) is 4.79 Å². The minimum Gasteiger partial charge on any atom is -0.493 e. The SMILES string of the molecule is O=C1C[C@@H](c2c(F)cc(OCCC(F)F)cc2F)N1c1ccc2nc[nH]c2c1. The van der Waals surface area contributed by atoms with Crippen molar-refractivity contribution in [2.45, 2.75) is 25.3 Å². The highest BCUT2D eigenvalue weighted by Crippen LogP contribution is 2.42. The van der Waals surface area contributed by atoms with Crippen LogP contribution in [0.2, 0.25) is 0 Å². The highest BCUT2D eigenvalue weighted by molar-refractivity contribution is 6.02. The van der Waals surface area contributed by atoms with Gasteiger partial charge >= 0.3 is 0 Å². The first kappa shape index (κ1) is 18.3. The van der Waals surface area contributed by atoms with E-state index in [-0.39, 0.29) is 30.2 Å². The lowest BCUT2D eigenvalue weighted by Crippen LogP contribution is -2.47. The standard InChI is InChI=1S/C19H15F4N3O2/c20-12-6-11(28-4-3-17(22)23)7-13(21)19(12)16-8-18(27)26(16)10-1-2-14-15(5-10)25-9-24-14/h1-2,5-7,9,16-17H,3-4,8H2,(H,24,25)/t16-/m0/s1. The summed E-state index contributed by atoms with van der Waals surface area (Å²) in [7, 11) is 0. The predicted molar refractivity (Wildman–Crippen MR) is 93.4 cm³/mol. The van der Waals surface area contributed by atoms with Crippen LogP contribution in [0, 0.1) is 11.6 Å². The molecule has 1 aliphatic heterocycles. The number of halogens is 4. The zero-order valence-corrected chi connectivity index (χ0v) is 14.5. The second-order valence-electron chi connectivity index (χ2n) is 6.42. The Bertz CT molecular complexity index is 1010. The number of nitrogens with zero attached hydrogens (tertiary/aromatic N) is 2. The summed E-state index contributed by atoms with van der Waals surface area (Å²) in [6.45, 7) is -0.353. The van der Waals surface area contributed by atoms with Gasteiger partial charge in [0.1, 0.15) is 17.4 Å². The molecular weight excluding hydrogens is 378 g/mol. The maximum Gasteiger partial charge on any atom is 0.241 e. The fourth-order valence-corrected chi connectivity index (χ4v) is 3.27. The van der Waals surface area contributed by atoms with Crippen LogP contribution in [0.3, 0.4) is 0 Å². The monoisotopic (exact) mass is 393 g/mol. The van der Waals surface area contributed by atoms with Crippen LogP contribution in [0.1, 0.15) is 24.4 Å². The zero-order chi connectivity index (χ0) is 19.8. The number of hydrogen-bond acceptors (Lipinski definition) is 3. The Morgan fingerprint density at radius 1 is 1.21 bits per heavy atom. The Hall–Kier alpha value is -3.10. The number of H-pyrrole nitrogens is 1. The van der Waals surface area contributed by atoms with Crippen molar-refractivity contribution in [3.63, 3.8) is 0 Å². The highest BCUT2D eigenvalue weighted by atomic mass is 19.3. The summed E-state index contributed by atoms with van der Waals surface area (Å²) in [5.41, 5.74) is 1.63. The van der Waals surface area contributed by atoms with Crippen LogP contribution in [-0.4, -0.2) is 28.9 Å².